The number of hydrogen-bond donors (Lipinski definition) is 1. The lowest BCUT2D eigenvalue weighted by molar-refractivity contribution is -0.119. The summed E-state index contributed by atoms with van der Waals surface area (Å²) in [6.07, 6.45) is 0. The first-order chi connectivity index (χ1) is 15.8. The van der Waals surface area contributed by atoms with Crippen LogP contribution < -0.4 is 5.32 Å². The van der Waals surface area contributed by atoms with E-state index in [4.69, 9.17) is 51.1 Å². The van der Waals surface area contributed by atoms with E-state index in [1.165, 1.54) is 6.07 Å². The Morgan fingerprint density at radius 3 is 2.36 bits per heavy atom. The van der Waals surface area contributed by atoms with Gasteiger partial charge in [-0.05, 0) is 48.5 Å². The number of carbonyl (C=O) groups is 2. The molecule has 3 aromatic carbocycles. The lowest BCUT2D eigenvalue weighted by Gasteiger charge is -2.12. The Kier molecular flexibility index (Phi) is 7.05. The standard InChI is InChI=1S/C24H14Cl4N2O3/c25-13-5-7-16(19(28)9-13)21-11-17(15-3-1-2-4-20(15)29-21)24(32)33-12-23(31)30-22-10-14(26)6-8-18(22)27/h1-11H,12H2,(H,30,31). The summed E-state index contributed by atoms with van der Waals surface area (Å²) in [6, 6.07) is 18.3. The number of aromatic nitrogens is 1. The number of para-hydroxylation sites is 1. The molecule has 0 saturated carbocycles. The van der Waals surface area contributed by atoms with Crippen LogP contribution in [0.15, 0.2) is 66.7 Å². The zero-order valence-electron chi connectivity index (χ0n) is 16.7. The van der Waals surface area contributed by atoms with Crippen molar-refractivity contribution in [2.75, 3.05) is 11.9 Å². The number of nitrogens with one attached hydrogen (secondary N) is 1. The molecule has 0 aliphatic carbocycles. The second kappa shape index (κ2) is 9.98. The number of pyridine rings is 1. The summed E-state index contributed by atoms with van der Waals surface area (Å²) < 4.78 is 5.27. The molecule has 1 N–H and O–H groups in total. The molecule has 33 heavy (non-hydrogen) atoms. The van der Waals surface area contributed by atoms with Gasteiger partial charge in [0.05, 0.1) is 32.5 Å². The number of rotatable bonds is 5. The molecule has 0 radical (unpaired) electrons. The molecule has 5 nitrogen and oxygen atoms in total. The first-order valence-corrected chi connectivity index (χ1v) is 11.1. The average Bonchev–Trinajstić information content (AvgIpc) is 2.79. The lowest BCUT2D eigenvalue weighted by atomic mass is 10.0. The van der Waals surface area contributed by atoms with Gasteiger partial charge in [0, 0.05) is 21.0 Å². The average molecular weight is 520 g/mol. The van der Waals surface area contributed by atoms with Gasteiger partial charge < -0.3 is 10.1 Å². The minimum Gasteiger partial charge on any atom is -0.452 e. The van der Waals surface area contributed by atoms with E-state index in [-0.39, 0.29) is 5.56 Å². The van der Waals surface area contributed by atoms with E-state index in [1.54, 1.807) is 60.7 Å². The van der Waals surface area contributed by atoms with Crippen LogP contribution in [0, 0.1) is 0 Å². The first-order valence-electron chi connectivity index (χ1n) is 9.59. The molecule has 0 fully saturated rings. The Balaban J connectivity index is 1.59. The third-order valence-electron chi connectivity index (χ3n) is 4.68. The number of carbonyl (C=O) groups excluding carboxylic acids is 2. The van der Waals surface area contributed by atoms with Gasteiger partial charge in [-0.3, -0.25) is 4.79 Å². The van der Waals surface area contributed by atoms with Crippen molar-refractivity contribution in [3.05, 3.63) is 92.4 Å². The van der Waals surface area contributed by atoms with Gasteiger partial charge in [-0.15, -0.1) is 0 Å². The normalized spacial score (nSPS) is 10.8. The van der Waals surface area contributed by atoms with Gasteiger partial charge in [-0.25, -0.2) is 9.78 Å². The molecular formula is C24H14Cl4N2O3. The van der Waals surface area contributed by atoms with E-state index >= 15 is 0 Å². The molecule has 0 saturated heterocycles. The Bertz CT molecular complexity index is 1390. The van der Waals surface area contributed by atoms with E-state index in [1.807, 2.05) is 0 Å². The summed E-state index contributed by atoms with van der Waals surface area (Å²) in [5.41, 5.74) is 2.21. The number of amides is 1. The molecule has 1 amide bonds. The number of nitrogens with zero attached hydrogens (tertiary/aromatic N) is 1. The molecule has 0 spiro atoms. The quantitative estimate of drug-likeness (QED) is 0.280. The van der Waals surface area contributed by atoms with Crippen molar-refractivity contribution in [1.82, 2.24) is 4.98 Å². The third-order valence-corrected chi connectivity index (χ3v) is 5.79. The van der Waals surface area contributed by atoms with Crippen LogP contribution >= 0.6 is 46.4 Å². The number of anilines is 1. The van der Waals surface area contributed by atoms with Gasteiger partial charge in [-0.1, -0.05) is 64.6 Å². The van der Waals surface area contributed by atoms with Gasteiger partial charge in [0.15, 0.2) is 6.61 Å². The molecule has 0 aliphatic heterocycles. The number of hydrogen-bond acceptors (Lipinski definition) is 4. The molecule has 0 atom stereocenters. The monoisotopic (exact) mass is 518 g/mol. The molecule has 1 aromatic heterocycles. The smallest absolute Gasteiger partial charge is 0.339 e. The molecule has 1 heterocycles. The van der Waals surface area contributed by atoms with Crippen LogP contribution in [-0.4, -0.2) is 23.5 Å². The molecule has 4 rings (SSSR count). The van der Waals surface area contributed by atoms with Crippen LogP contribution in [0.1, 0.15) is 10.4 Å². The second-order valence-corrected chi connectivity index (χ2v) is 8.63. The maximum Gasteiger partial charge on any atom is 0.339 e. The highest BCUT2D eigenvalue weighted by Crippen LogP contribution is 2.32. The van der Waals surface area contributed by atoms with Crippen LogP contribution in [0.5, 0.6) is 0 Å². The molecule has 0 aliphatic rings. The van der Waals surface area contributed by atoms with Crippen molar-refractivity contribution in [3.63, 3.8) is 0 Å². The summed E-state index contributed by atoms with van der Waals surface area (Å²) in [7, 11) is 0. The summed E-state index contributed by atoms with van der Waals surface area (Å²) in [5.74, 6) is -1.25. The zero-order chi connectivity index (χ0) is 23.5. The summed E-state index contributed by atoms with van der Waals surface area (Å²) in [5, 5.41) is 4.74. The van der Waals surface area contributed by atoms with Gasteiger partial charge >= 0.3 is 5.97 Å². The minimum absolute atomic E-state index is 0.246. The van der Waals surface area contributed by atoms with Crippen LogP contribution in [0.25, 0.3) is 22.2 Å². The molecule has 0 bridgehead atoms. The Morgan fingerprint density at radius 2 is 1.58 bits per heavy atom. The maximum absolute atomic E-state index is 12.9. The molecule has 166 valence electrons. The third kappa shape index (κ3) is 5.40. The molecule has 9 heteroatoms. The fourth-order valence-corrected chi connectivity index (χ4v) is 4.01. The number of benzene rings is 3. The summed E-state index contributed by atoms with van der Waals surface area (Å²) >= 11 is 24.3. The Labute approximate surface area is 209 Å². The first kappa shape index (κ1) is 23.3. The number of halogens is 4. The van der Waals surface area contributed by atoms with Crippen molar-refractivity contribution in [3.8, 4) is 11.3 Å². The van der Waals surface area contributed by atoms with Gasteiger partial charge in [0.1, 0.15) is 0 Å². The van der Waals surface area contributed by atoms with Gasteiger partial charge in [0.25, 0.3) is 5.91 Å². The number of fused-ring (bicyclic) bond motifs is 1. The largest absolute Gasteiger partial charge is 0.452 e. The van der Waals surface area contributed by atoms with Crippen LogP contribution in [0.4, 0.5) is 5.69 Å². The van der Waals surface area contributed by atoms with Crippen molar-refractivity contribution >= 4 is 74.9 Å². The van der Waals surface area contributed by atoms with E-state index in [0.29, 0.717) is 47.9 Å². The SMILES string of the molecule is O=C(COC(=O)c1cc(-c2ccc(Cl)cc2Cl)nc2ccccc12)Nc1cc(Cl)ccc1Cl. The van der Waals surface area contributed by atoms with Crippen molar-refractivity contribution < 1.29 is 14.3 Å². The predicted molar refractivity (Wildman–Crippen MR) is 133 cm³/mol. The van der Waals surface area contributed by atoms with Gasteiger partial charge in [-0.2, -0.15) is 0 Å². The van der Waals surface area contributed by atoms with E-state index < -0.39 is 18.5 Å². The Morgan fingerprint density at radius 1 is 0.848 bits per heavy atom. The number of ether oxygens (including phenoxy) is 1. The molecular weight excluding hydrogens is 506 g/mol. The van der Waals surface area contributed by atoms with E-state index in [2.05, 4.69) is 10.3 Å². The molecule has 0 unspecified atom stereocenters. The minimum atomic E-state index is -0.688. The maximum atomic E-state index is 12.9. The zero-order valence-corrected chi connectivity index (χ0v) is 19.8. The second-order valence-electron chi connectivity index (χ2n) is 6.94. The highest BCUT2D eigenvalue weighted by molar-refractivity contribution is 6.36. The number of esters is 1. The summed E-state index contributed by atoms with van der Waals surface area (Å²) in [6.45, 7) is -0.518. The topological polar surface area (TPSA) is 68.3 Å². The fourth-order valence-electron chi connectivity index (χ4n) is 3.17. The van der Waals surface area contributed by atoms with Gasteiger partial charge in [0.2, 0.25) is 0 Å². The van der Waals surface area contributed by atoms with Crippen molar-refractivity contribution in [2.45, 2.75) is 0 Å². The van der Waals surface area contributed by atoms with Crippen LogP contribution in [0.2, 0.25) is 20.1 Å². The van der Waals surface area contributed by atoms with Crippen LogP contribution in [0.3, 0.4) is 0 Å². The van der Waals surface area contributed by atoms with Crippen molar-refractivity contribution in [1.29, 1.82) is 0 Å². The molecule has 4 aromatic rings. The predicted octanol–water partition coefficient (Wildman–Crippen LogP) is 7.31. The Hall–Kier alpha value is -2.83. The van der Waals surface area contributed by atoms with Crippen molar-refractivity contribution in [2.24, 2.45) is 0 Å². The summed E-state index contributed by atoms with van der Waals surface area (Å²) in [4.78, 5) is 29.8. The fraction of sp³-hybridized carbons (Fsp3) is 0.0417. The van der Waals surface area contributed by atoms with Crippen LogP contribution in [-0.2, 0) is 9.53 Å². The highest BCUT2D eigenvalue weighted by Gasteiger charge is 2.18. The highest BCUT2D eigenvalue weighted by atomic mass is 35.5. The van der Waals surface area contributed by atoms with E-state index in [0.717, 1.165) is 0 Å². The van der Waals surface area contributed by atoms with E-state index in [9.17, 15) is 9.59 Å². The lowest BCUT2D eigenvalue weighted by Crippen LogP contribution is -2.21.